The molecule has 0 saturated heterocycles. The molecule has 0 unspecified atom stereocenters. The van der Waals surface area contributed by atoms with E-state index in [1.807, 2.05) is 0 Å². The number of hydrogen-bond acceptors (Lipinski definition) is 3. The molecule has 21 heavy (non-hydrogen) atoms. The first kappa shape index (κ1) is 15.4. The van der Waals surface area contributed by atoms with Gasteiger partial charge in [-0.05, 0) is 42.0 Å². The summed E-state index contributed by atoms with van der Waals surface area (Å²) in [7, 11) is -2.29. The number of benzene rings is 2. The second kappa shape index (κ2) is 6.19. The van der Waals surface area contributed by atoms with Gasteiger partial charge in [0.1, 0.15) is 17.4 Å². The van der Waals surface area contributed by atoms with Gasteiger partial charge in [-0.3, -0.25) is 0 Å². The highest BCUT2D eigenvalue weighted by atomic mass is 32.2. The number of hydrogen-bond donors (Lipinski definition) is 1. The van der Waals surface area contributed by atoms with Crippen LogP contribution in [0.1, 0.15) is 5.56 Å². The summed E-state index contributed by atoms with van der Waals surface area (Å²) >= 11 is 0. The molecule has 0 aliphatic carbocycles. The fourth-order valence-electron chi connectivity index (χ4n) is 1.73. The predicted octanol–water partition coefficient (Wildman–Crippen LogP) is 2.45. The van der Waals surface area contributed by atoms with Crippen LogP contribution in [0.3, 0.4) is 0 Å². The van der Waals surface area contributed by atoms with E-state index in [0.29, 0.717) is 5.75 Å². The highest BCUT2D eigenvalue weighted by Gasteiger charge is 2.14. The summed E-state index contributed by atoms with van der Waals surface area (Å²) in [5.41, 5.74) is 0.199. The summed E-state index contributed by atoms with van der Waals surface area (Å²) in [5.74, 6) is -0.983. The molecule has 2 aromatic carbocycles. The maximum absolute atomic E-state index is 13.0. The van der Waals surface area contributed by atoms with Crippen molar-refractivity contribution in [3.05, 3.63) is 59.7 Å². The summed E-state index contributed by atoms with van der Waals surface area (Å²) < 4.78 is 57.3. The van der Waals surface area contributed by atoms with E-state index in [-0.39, 0.29) is 17.0 Å². The van der Waals surface area contributed by atoms with Crippen molar-refractivity contribution in [1.29, 1.82) is 0 Å². The molecule has 0 aliphatic rings. The first-order valence-corrected chi connectivity index (χ1v) is 7.48. The van der Waals surface area contributed by atoms with Gasteiger partial charge in [0.05, 0.1) is 12.0 Å². The summed E-state index contributed by atoms with van der Waals surface area (Å²) in [4.78, 5) is 0.0418. The van der Waals surface area contributed by atoms with Gasteiger partial charge in [0.2, 0.25) is 10.0 Å². The normalized spacial score (nSPS) is 11.4. The first-order chi connectivity index (χ1) is 9.90. The zero-order valence-corrected chi connectivity index (χ0v) is 12.0. The smallest absolute Gasteiger partial charge is 0.240 e. The number of nitrogens with one attached hydrogen (secondary N) is 1. The van der Waals surface area contributed by atoms with Crippen LogP contribution in [0.2, 0.25) is 0 Å². The minimum absolute atomic E-state index is 0.0418. The molecule has 112 valence electrons. The number of halogens is 2. The second-order valence-corrected chi connectivity index (χ2v) is 6.04. The molecule has 0 saturated carbocycles. The average molecular weight is 313 g/mol. The Kier molecular flexibility index (Phi) is 4.54. The van der Waals surface area contributed by atoms with Gasteiger partial charge in [-0.15, -0.1) is 0 Å². The number of ether oxygens (including phenoxy) is 1. The molecule has 2 rings (SSSR count). The van der Waals surface area contributed by atoms with Crippen LogP contribution < -0.4 is 9.46 Å². The predicted molar refractivity (Wildman–Crippen MR) is 73.4 cm³/mol. The van der Waals surface area contributed by atoms with E-state index in [4.69, 9.17) is 4.74 Å². The minimum Gasteiger partial charge on any atom is -0.497 e. The second-order valence-electron chi connectivity index (χ2n) is 4.28. The van der Waals surface area contributed by atoms with Crippen molar-refractivity contribution < 1.29 is 21.9 Å². The molecule has 0 atom stereocenters. The third-order valence-electron chi connectivity index (χ3n) is 2.76. The van der Waals surface area contributed by atoms with E-state index in [9.17, 15) is 17.2 Å². The van der Waals surface area contributed by atoms with E-state index in [1.165, 1.54) is 31.4 Å². The molecule has 0 aromatic heterocycles. The van der Waals surface area contributed by atoms with Crippen molar-refractivity contribution in [3.8, 4) is 5.75 Å². The fraction of sp³-hybridized carbons (Fsp3) is 0.143. The Morgan fingerprint density at radius 2 is 1.62 bits per heavy atom. The summed E-state index contributed by atoms with van der Waals surface area (Å²) in [6.45, 7) is -0.205. The van der Waals surface area contributed by atoms with Crippen LogP contribution in [0.5, 0.6) is 5.75 Å². The Balaban J connectivity index is 2.13. The maximum atomic E-state index is 13.0. The van der Waals surface area contributed by atoms with Crippen LogP contribution in [0, 0.1) is 11.6 Å². The third kappa shape index (κ3) is 3.99. The maximum Gasteiger partial charge on any atom is 0.240 e. The lowest BCUT2D eigenvalue weighted by molar-refractivity contribution is 0.414. The molecule has 0 fully saturated rings. The lowest BCUT2D eigenvalue weighted by Crippen LogP contribution is -2.23. The average Bonchev–Trinajstić information content (AvgIpc) is 2.44. The number of methoxy groups -OCH3 is 1. The van der Waals surface area contributed by atoms with E-state index in [1.54, 1.807) is 0 Å². The molecular weight excluding hydrogens is 300 g/mol. The third-order valence-corrected chi connectivity index (χ3v) is 4.18. The van der Waals surface area contributed by atoms with Crippen molar-refractivity contribution in [2.24, 2.45) is 0 Å². The highest BCUT2D eigenvalue weighted by molar-refractivity contribution is 7.89. The SMILES string of the molecule is COc1ccc(S(=O)(=O)NCc2cc(F)cc(F)c2)cc1. The van der Waals surface area contributed by atoms with Crippen LogP contribution in [0.15, 0.2) is 47.4 Å². The van der Waals surface area contributed by atoms with E-state index >= 15 is 0 Å². The molecule has 0 radical (unpaired) electrons. The first-order valence-electron chi connectivity index (χ1n) is 5.99. The molecule has 7 heteroatoms. The van der Waals surface area contributed by atoms with Crippen molar-refractivity contribution in [2.45, 2.75) is 11.4 Å². The summed E-state index contributed by atoms with van der Waals surface area (Å²) in [6.07, 6.45) is 0. The Labute approximate surface area is 121 Å². The molecule has 0 spiro atoms. The van der Waals surface area contributed by atoms with Crippen LogP contribution in [-0.4, -0.2) is 15.5 Å². The molecule has 1 N–H and O–H groups in total. The van der Waals surface area contributed by atoms with E-state index in [2.05, 4.69) is 4.72 Å². The highest BCUT2D eigenvalue weighted by Crippen LogP contribution is 2.16. The van der Waals surface area contributed by atoms with Crippen molar-refractivity contribution in [2.75, 3.05) is 7.11 Å². The van der Waals surface area contributed by atoms with Gasteiger partial charge < -0.3 is 4.74 Å². The van der Waals surface area contributed by atoms with Gasteiger partial charge in [0.15, 0.2) is 0 Å². The Morgan fingerprint density at radius 3 is 2.14 bits per heavy atom. The van der Waals surface area contributed by atoms with Crippen molar-refractivity contribution in [1.82, 2.24) is 4.72 Å². The number of rotatable bonds is 5. The fourth-order valence-corrected chi connectivity index (χ4v) is 2.75. The van der Waals surface area contributed by atoms with Gasteiger partial charge >= 0.3 is 0 Å². The molecule has 0 amide bonds. The summed E-state index contributed by atoms with van der Waals surface area (Å²) in [5, 5.41) is 0. The quantitative estimate of drug-likeness (QED) is 0.922. The van der Waals surface area contributed by atoms with Gasteiger partial charge in [0, 0.05) is 12.6 Å². The molecule has 2 aromatic rings. The largest absolute Gasteiger partial charge is 0.497 e. The molecule has 4 nitrogen and oxygen atoms in total. The van der Waals surface area contributed by atoms with Crippen LogP contribution in [0.25, 0.3) is 0 Å². The lowest BCUT2D eigenvalue weighted by atomic mass is 10.2. The van der Waals surface area contributed by atoms with Crippen molar-refractivity contribution >= 4 is 10.0 Å². The molecule has 0 heterocycles. The monoisotopic (exact) mass is 313 g/mol. The topological polar surface area (TPSA) is 55.4 Å². The standard InChI is InChI=1S/C14H13F2NO3S/c1-20-13-2-4-14(5-3-13)21(18,19)17-9-10-6-11(15)8-12(16)7-10/h2-8,17H,9H2,1H3. The lowest BCUT2D eigenvalue weighted by Gasteiger charge is -2.08. The van der Waals surface area contributed by atoms with Gasteiger partial charge in [-0.2, -0.15) is 0 Å². The van der Waals surface area contributed by atoms with E-state index in [0.717, 1.165) is 18.2 Å². The van der Waals surface area contributed by atoms with Crippen LogP contribution in [-0.2, 0) is 16.6 Å². The van der Waals surface area contributed by atoms with Gasteiger partial charge in [0.25, 0.3) is 0 Å². The van der Waals surface area contributed by atoms with Gasteiger partial charge in [-0.1, -0.05) is 0 Å². The number of sulfonamides is 1. The van der Waals surface area contributed by atoms with Crippen LogP contribution in [0.4, 0.5) is 8.78 Å². The molecular formula is C14H13F2NO3S. The molecule has 0 bridgehead atoms. The van der Waals surface area contributed by atoms with Crippen molar-refractivity contribution in [3.63, 3.8) is 0 Å². The minimum atomic E-state index is -3.76. The Hall–Kier alpha value is -1.99. The Morgan fingerprint density at radius 1 is 1.05 bits per heavy atom. The Bertz CT molecular complexity index is 710. The van der Waals surface area contributed by atoms with Crippen LogP contribution >= 0.6 is 0 Å². The zero-order chi connectivity index (χ0) is 15.5. The van der Waals surface area contributed by atoms with Gasteiger partial charge in [-0.25, -0.2) is 21.9 Å². The molecule has 0 aliphatic heterocycles. The zero-order valence-electron chi connectivity index (χ0n) is 11.1. The summed E-state index contributed by atoms with van der Waals surface area (Å²) in [6, 6.07) is 8.65. The van der Waals surface area contributed by atoms with E-state index < -0.39 is 21.7 Å².